The molecule has 0 fully saturated rings. The zero-order valence-electron chi connectivity index (χ0n) is 27.5. The van der Waals surface area contributed by atoms with Gasteiger partial charge in [0.1, 0.15) is 49.4 Å². The Bertz CT molecular complexity index is 2140. The van der Waals surface area contributed by atoms with Crippen molar-refractivity contribution in [3.63, 3.8) is 0 Å². The summed E-state index contributed by atoms with van der Waals surface area (Å²) < 4.78 is 109. The average molecular weight is 732 g/mol. The average Bonchev–Trinajstić information content (AvgIpc) is 2.96. The largest absolute Gasteiger partial charge is 1.00 e. The van der Waals surface area contributed by atoms with Crippen LogP contribution in [0.5, 0.6) is 0 Å². The third-order valence-electron chi connectivity index (χ3n) is 7.23. The quantitative estimate of drug-likeness (QED) is 0.122. The standard InChI is InChI=1S/C31H33N3O9S3.2Na/c1-32(2)27-16-10-23(18-29(27)45(38,39)40)31(24-11-17-28(33(3)4)30(19-24)46(41,42)43)22-8-12-25(13-9-22)34(5)20-21-6-14-26(15-7-21)44(35,36)37;;/h6-19H,20H2,1-5H3,(H2-,35,36,37,38,39,40,41,42,43);;/q;2*+1/p-2. The summed E-state index contributed by atoms with van der Waals surface area (Å²) in [5, 5.41) is 0. The van der Waals surface area contributed by atoms with Crippen LogP contribution in [-0.2, 0) is 36.9 Å². The van der Waals surface area contributed by atoms with E-state index in [1.54, 1.807) is 83.8 Å². The Balaban J connectivity index is 0.00000400. The van der Waals surface area contributed by atoms with Gasteiger partial charge >= 0.3 is 59.1 Å². The molecule has 0 saturated heterocycles. The van der Waals surface area contributed by atoms with Gasteiger partial charge in [0.25, 0.3) is 0 Å². The Hall–Kier alpha value is -2.12. The molecule has 0 unspecified atom stereocenters. The van der Waals surface area contributed by atoms with Crippen LogP contribution in [0, 0.1) is 0 Å². The first-order valence-corrected chi connectivity index (χ1v) is 17.8. The fourth-order valence-electron chi connectivity index (χ4n) is 4.99. The van der Waals surface area contributed by atoms with Gasteiger partial charge < -0.3 is 23.5 Å². The predicted octanol–water partition coefficient (Wildman–Crippen LogP) is -3.28. The number of rotatable bonds is 9. The molecule has 0 aromatic heterocycles. The molecule has 3 aromatic rings. The molecule has 0 radical (unpaired) electrons. The van der Waals surface area contributed by atoms with E-state index in [-0.39, 0.29) is 75.4 Å². The molecule has 0 spiro atoms. The zero-order valence-corrected chi connectivity index (χ0v) is 34.0. The second-order valence-electron chi connectivity index (χ2n) is 10.9. The minimum absolute atomic E-state index is 0. The van der Waals surface area contributed by atoms with Gasteiger partial charge in [-0.3, -0.25) is 0 Å². The van der Waals surface area contributed by atoms with E-state index in [4.69, 9.17) is 0 Å². The van der Waals surface area contributed by atoms with E-state index in [0.29, 0.717) is 28.8 Å². The maximum absolute atomic E-state index is 12.3. The molecule has 17 heteroatoms. The monoisotopic (exact) mass is 731 g/mol. The van der Waals surface area contributed by atoms with Crippen LogP contribution in [0.3, 0.4) is 0 Å². The Morgan fingerprint density at radius 3 is 1.75 bits per heavy atom. The number of nitrogens with zero attached hydrogens (tertiary/aromatic N) is 3. The molecule has 244 valence electrons. The number of hydrogen-bond acceptors (Lipinski definition) is 11. The van der Waals surface area contributed by atoms with Crippen LogP contribution >= 0.6 is 0 Å². The summed E-state index contributed by atoms with van der Waals surface area (Å²) in [6.45, 7) is 0.364. The minimum Gasteiger partial charge on any atom is -0.744 e. The van der Waals surface area contributed by atoms with Crippen LogP contribution in [0.2, 0.25) is 0 Å². The van der Waals surface area contributed by atoms with Crippen LogP contribution in [0.1, 0.15) is 16.7 Å². The zero-order chi connectivity index (χ0) is 34.2. The van der Waals surface area contributed by atoms with Crippen LogP contribution < -0.4 is 68.9 Å². The van der Waals surface area contributed by atoms with Gasteiger partial charge in [-0.15, -0.1) is 0 Å². The number of hydrogen-bond donors (Lipinski definition) is 0. The van der Waals surface area contributed by atoms with Crippen molar-refractivity contribution in [3.8, 4) is 0 Å². The predicted molar refractivity (Wildman–Crippen MR) is 172 cm³/mol. The summed E-state index contributed by atoms with van der Waals surface area (Å²) in [6.07, 6.45) is 4.31. The molecule has 0 heterocycles. The fourth-order valence-corrected chi connectivity index (χ4v) is 7.01. The normalized spacial score (nSPS) is 14.3. The smallest absolute Gasteiger partial charge is 0.744 e. The van der Waals surface area contributed by atoms with Crippen LogP contribution in [0.4, 0.5) is 11.4 Å². The van der Waals surface area contributed by atoms with Crippen LogP contribution in [-0.4, -0.2) is 84.4 Å². The summed E-state index contributed by atoms with van der Waals surface area (Å²) in [7, 11) is -6.24. The van der Waals surface area contributed by atoms with Gasteiger partial charge in [0.2, 0.25) is 5.71 Å². The van der Waals surface area contributed by atoms with E-state index in [1.165, 1.54) is 45.9 Å². The Morgan fingerprint density at radius 1 is 0.708 bits per heavy atom. The van der Waals surface area contributed by atoms with Gasteiger partial charge in [-0.2, -0.15) is 0 Å². The second kappa shape index (κ2) is 16.3. The molecular weight excluding hydrogens is 701 g/mol. The van der Waals surface area contributed by atoms with Crippen molar-refractivity contribution < 1.29 is 103 Å². The van der Waals surface area contributed by atoms with Crippen molar-refractivity contribution in [2.24, 2.45) is 0 Å². The third-order valence-corrected chi connectivity index (χ3v) is 9.81. The molecule has 0 saturated carbocycles. The van der Waals surface area contributed by atoms with Gasteiger partial charge in [0, 0.05) is 39.5 Å². The van der Waals surface area contributed by atoms with Crippen LogP contribution in [0.15, 0.2) is 105 Å². The molecule has 48 heavy (non-hydrogen) atoms. The van der Waals surface area contributed by atoms with E-state index in [1.807, 2.05) is 4.90 Å². The molecule has 12 nitrogen and oxygen atoms in total. The molecule has 4 rings (SSSR count). The van der Waals surface area contributed by atoms with Crippen molar-refractivity contribution in [1.29, 1.82) is 0 Å². The summed E-state index contributed by atoms with van der Waals surface area (Å²) in [5.41, 5.74) is 3.30. The van der Waals surface area contributed by atoms with E-state index >= 15 is 0 Å². The number of anilines is 2. The molecule has 3 aromatic carbocycles. The molecule has 0 N–H and O–H groups in total. The first-order chi connectivity index (χ1) is 21.3. The molecule has 1 aliphatic rings. The van der Waals surface area contributed by atoms with Crippen molar-refractivity contribution in [3.05, 3.63) is 112 Å². The summed E-state index contributed by atoms with van der Waals surface area (Å²) in [5.74, 6) is 0. The first-order valence-electron chi connectivity index (χ1n) is 13.6. The second-order valence-corrected chi connectivity index (χ2v) is 15.0. The Morgan fingerprint density at radius 2 is 1.27 bits per heavy atom. The van der Waals surface area contributed by atoms with Gasteiger partial charge in [-0.05, 0) is 76.4 Å². The molecular formula is C31H31N3Na2O9S3. The van der Waals surface area contributed by atoms with Crippen molar-refractivity contribution >= 4 is 53.0 Å². The van der Waals surface area contributed by atoms with Gasteiger partial charge in [0.05, 0.1) is 15.5 Å². The fraction of sp³-hybridized carbons (Fsp3) is 0.194. The van der Waals surface area contributed by atoms with E-state index in [9.17, 15) is 38.9 Å². The van der Waals surface area contributed by atoms with Crippen molar-refractivity contribution in [1.82, 2.24) is 0 Å². The Kier molecular flexibility index (Phi) is 14.3. The topological polar surface area (TPSA) is 181 Å². The minimum atomic E-state index is -4.92. The maximum Gasteiger partial charge on any atom is 1.00 e. The molecule has 0 bridgehead atoms. The summed E-state index contributed by atoms with van der Waals surface area (Å²) in [6, 6.07) is 16.9. The van der Waals surface area contributed by atoms with Gasteiger partial charge in [-0.25, -0.2) is 29.8 Å². The van der Waals surface area contributed by atoms with Crippen LogP contribution in [0.25, 0.3) is 5.57 Å². The summed E-state index contributed by atoms with van der Waals surface area (Å²) in [4.78, 5) is 2.08. The van der Waals surface area contributed by atoms with E-state index in [0.717, 1.165) is 11.3 Å². The van der Waals surface area contributed by atoms with E-state index in [2.05, 4.69) is 0 Å². The molecule has 1 aliphatic carbocycles. The third kappa shape index (κ3) is 9.99. The van der Waals surface area contributed by atoms with Gasteiger partial charge in [-0.1, -0.05) is 30.3 Å². The first kappa shape index (κ1) is 42.0. The SMILES string of the molecule is CN(C)c1ccc(/C(=C2\C=CC(=[N+](C)C)C(S(=O)(=O)[O-])=C2)c2ccc(N(C)Cc3ccc(S(=O)(=O)[O-])cc3)cc2)cc1S(=O)(=O)[O-].[Na+].[Na+]. The number of allylic oxidation sites excluding steroid dienone is 5. The summed E-state index contributed by atoms with van der Waals surface area (Å²) >= 11 is 0. The Labute approximate surface area is 326 Å². The van der Waals surface area contributed by atoms with Gasteiger partial charge in [0.15, 0.2) is 0 Å². The van der Waals surface area contributed by atoms with Crippen molar-refractivity contribution in [2.75, 3.05) is 45.0 Å². The molecule has 0 aliphatic heterocycles. The maximum atomic E-state index is 12.3. The van der Waals surface area contributed by atoms with E-state index < -0.39 is 40.2 Å². The molecule has 0 amide bonds. The number of benzene rings is 3. The molecule has 0 atom stereocenters. The van der Waals surface area contributed by atoms with Crippen molar-refractivity contribution in [2.45, 2.75) is 16.3 Å².